The molecule has 384 valence electrons. The number of rotatable bonds is 20. The quantitative estimate of drug-likeness (QED) is 0.0449. The van der Waals surface area contributed by atoms with Crippen LogP contribution >= 0.6 is 23.2 Å². The number of benzene rings is 3. The van der Waals surface area contributed by atoms with Crippen LogP contribution in [0.5, 0.6) is 0 Å². The van der Waals surface area contributed by atoms with Gasteiger partial charge in [-0.15, -0.1) is 0 Å². The maximum atomic E-state index is 16.2. The second-order valence-electron chi connectivity index (χ2n) is 18.7. The van der Waals surface area contributed by atoms with Crippen LogP contribution in [0, 0.1) is 5.82 Å². The molecule has 3 aromatic carbocycles. The number of carbonyl (C=O) groups excluding carboxylic acids is 7. The standard InChI is InChI=1S/C52H55Cl2FN8O10/c53-30-12-14-34-38(28-30)60-50(70)52(34)42(33-9-4-10-35(54)43(33)55)44(62-51(52)18-2-1-3-19-51)47(67)59-31-13-15-37(58-29-31)45(65)57-21-7-23-72-25-27-73-26-24-71-22-6-20-56-36-11-5-8-32-41(36)49(69)63(48(32)68)39-16-17-40(64)61-46(39)66/h4-5,8-15,28-29,39,42,44,56,62H,1-3,6-7,16-27H2,(H,57,65)(H,59,67)(H,60,70)(H,61,64,66)/t39?,42-,44+,52+/m0/s1. The van der Waals surface area contributed by atoms with Gasteiger partial charge in [0.1, 0.15) is 23.0 Å². The van der Waals surface area contributed by atoms with Gasteiger partial charge in [-0.3, -0.25) is 49.1 Å². The number of amides is 7. The van der Waals surface area contributed by atoms with E-state index in [1.165, 1.54) is 18.3 Å². The van der Waals surface area contributed by atoms with Gasteiger partial charge < -0.3 is 35.5 Å². The second-order valence-corrected chi connectivity index (χ2v) is 19.5. The van der Waals surface area contributed by atoms with Gasteiger partial charge in [-0.25, -0.2) is 9.37 Å². The number of carbonyl (C=O) groups is 7. The topological polar surface area (TPSA) is 235 Å². The zero-order chi connectivity index (χ0) is 51.3. The van der Waals surface area contributed by atoms with Crippen molar-refractivity contribution in [1.82, 2.24) is 25.8 Å². The molecule has 0 bridgehead atoms. The third-order valence-corrected chi connectivity index (χ3v) is 14.8. The Morgan fingerprint density at radius 1 is 0.822 bits per heavy atom. The lowest BCUT2D eigenvalue weighted by Crippen LogP contribution is -2.60. The number of halogens is 3. The van der Waals surface area contributed by atoms with Crippen molar-refractivity contribution in [1.29, 1.82) is 0 Å². The Balaban J connectivity index is 0.677. The third-order valence-electron chi connectivity index (χ3n) is 14.3. The number of ether oxygens (including phenoxy) is 3. The SMILES string of the molecule is O=C1CCC(N2C(=O)c3cccc(NCCCOCCOCCOCCCNC(=O)c4ccc(NC(=O)[C@@H]5NC6(CCCCC6)[C@@]6(C(=O)Nc7cc(Cl)ccc76)[C@H]5c5cccc(Cl)c5F)cn4)c3C2=O)C(=O)N1. The average Bonchev–Trinajstić information content (AvgIpc) is 3.97. The monoisotopic (exact) mass is 1040 g/mol. The number of hydrogen-bond donors (Lipinski definition) is 6. The number of nitrogens with zero attached hydrogens (tertiary/aromatic N) is 2. The van der Waals surface area contributed by atoms with E-state index in [2.05, 4.69) is 36.9 Å². The number of hydrogen-bond acceptors (Lipinski definition) is 13. The highest BCUT2D eigenvalue weighted by atomic mass is 35.5. The molecule has 0 radical (unpaired) electrons. The predicted molar refractivity (Wildman–Crippen MR) is 267 cm³/mol. The van der Waals surface area contributed by atoms with E-state index in [0.717, 1.165) is 24.2 Å². The summed E-state index contributed by atoms with van der Waals surface area (Å²) in [4.78, 5) is 97.6. The van der Waals surface area contributed by atoms with E-state index < -0.39 is 70.2 Å². The molecule has 2 saturated heterocycles. The predicted octanol–water partition coefficient (Wildman–Crippen LogP) is 5.89. The number of fused-ring (bicyclic) bond motifs is 4. The summed E-state index contributed by atoms with van der Waals surface area (Å²) in [6, 6.07) is 15.7. The fourth-order valence-corrected chi connectivity index (χ4v) is 11.5. The lowest BCUT2D eigenvalue weighted by Gasteiger charge is -2.47. The molecule has 1 aliphatic carbocycles. The first-order valence-electron chi connectivity index (χ1n) is 24.5. The lowest BCUT2D eigenvalue weighted by molar-refractivity contribution is -0.136. The summed E-state index contributed by atoms with van der Waals surface area (Å²) in [6.45, 7) is 2.99. The Morgan fingerprint density at radius 2 is 1.55 bits per heavy atom. The zero-order valence-corrected chi connectivity index (χ0v) is 41.3. The van der Waals surface area contributed by atoms with Crippen LogP contribution in [0.15, 0.2) is 72.9 Å². The minimum absolute atomic E-state index is 0.0472. The Morgan fingerprint density at radius 3 is 2.27 bits per heavy atom. The van der Waals surface area contributed by atoms with Crippen molar-refractivity contribution in [3.63, 3.8) is 0 Å². The molecule has 4 aromatic rings. The molecule has 21 heteroatoms. The number of aromatic nitrogens is 1. The van der Waals surface area contributed by atoms with Crippen molar-refractivity contribution in [2.45, 2.75) is 86.7 Å². The molecule has 1 aromatic heterocycles. The molecule has 18 nitrogen and oxygen atoms in total. The number of anilines is 3. The van der Waals surface area contributed by atoms with Crippen LogP contribution in [0.25, 0.3) is 0 Å². The van der Waals surface area contributed by atoms with Crippen molar-refractivity contribution in [2.75, 3.05) is 68.7 Å². The summed E-state index contributed by atoms with van der Waals surface area (Å²) in [5.74, 6) is -5.18. The largest absolute Gasteiger partial charge is 0.384 e. The number of imide groups is 2. The zero-order valence-electron chi connectivity index (χ0n) is 39.8. The molecule has 6 N–H and O–H groups in total. The molecule has 2 spiro atoms. The molecular formula is C52H55Cl2FN8O10. The van der Waals surface area contributed by atoms with Gasteiger partial charge in [0.05, 0.1) is 60.5 Å². The van der Waals surface area contributed by atoms with Crippen LogP contribution in [0.4, 0.5) is 21.5 Å². The average molecular weight is 1040 g/mol. The normalized spacial score (nSPS) is 21.8. The molecule has 73 heavy (non-hydrogen) atoms. The highest BCUT2D eigenvalue weighted by molar-refractivity contribution is 6.31. The van der Waals surface area contributed by atoms with Gasteiger partial charge in [0.25, 0.3) is 17.7 Å². The molecule has 5 heterocycles. The molecule has 4 atom stereocenters. The molecule has 4 aliphatic heterocycles. The van der Waals surface area contributed by atoms with Gasteiger partial charge in [-0.05, 0) is 85.7 Å². The first-order chi connectivity index (χ1) is 35.3. The first kappa shape index (κ1) is 51.5. The number of piperidine rings is 1. The number of pyridine rings is 1. The van der Waals surface area contributed by atoms with Gasteiger partial charge in [-0.2, -0.15) is 0 Å². The van der Waals surface area contributed by atoms with Crippen LogP contribution in [-0.2, 0) is 38.8 Å². The summed E-state index contributed by atoms with van der Waals surface area (Å²) in [5.41, 5.74) is 0.372. The van der Waals surface area contributed by atoms with E-state index in [-0.39, 0.29) is 46.2 Å². The van der Waals surface area contributed by atoms with Crippen molar-refractivity contribution < 1.29 is 52.2 Å². The van der Waals surface area contributed by atoms with Crippen LogP contribution in [0.1, 0.15) is 106 Å². The first-order valence-corrected chi connectivity index (χ1v) is 25.3. The van der Waals surface area contributed by atoms with Crippen molar-refractivity contribution in [3.05, 3.63) is 117 Å². The highest BCUT2D eigenvalue weighted by Crippen LogP contribution is 2.63. The van der Waals surface area contributed by atoms with Gasteiger partial charge in [0.15, 0.2) is 0 Å². The smallest absolute Gasteiger partial charge is 0.269 e. The van der Waals surface area contributed by atoms with Crippen molar-refractivity contribution >= 4 is 81.6 Å². The Hall–Kier alpha value is -6.35. The van der Waals surface area contributed by atoms with Gasteiger partial charge in [0.2, 0.25) is 23.6 Å². The summed E-state index contributed by atoms with van der Waals surface area (Å²) in [5, 5.41) is 18.0. The molecule has 7 amide bonds. The maximum absolute atomic E-state index is 16.2. The van der Waals surface area contributed by atoms with E-state index in [1.54, 1.807) is 54.6 Å². The minimum atomic E-state index is -1.38. The van der Waals surface area contributed by atoms with Crippen molar-refractivity contribution in [2.24, 2.45) is 0 Å². The minimum Gasteiger partial charge on any atom is -0.384 e. The molecule has 1 saturated carbocycles. The third kappa shape index (κ3) is 10.2. The van der Waals surface area contributed by atoms with E-state index in [0.29, 0.717) is 106 Å². The maximum Gasteiger partial charge on any atom is 0.269 e. The highest BCUT2D eigenvalue weighted by Gasteiger charge is 2.72. The summed E-state index contributed by atoms with van der Waals surface area (Å²) in [7, 11) is 0. The van der Waals surface area contributed by atoms with Gasteiger partial charge in [-0.1, -0.05) is 66.7 Å². The summed E-state index contributed by atoms with van der Waals surface area (Å²) < 4.78 is 33.1. The van der Waals surface area contributed by atoms with Crippen LogP contribution < -0.4 is 31.9 Å². The Bertz CT molecular complexity index is 2810. The summed E-state index contributed by atoms with van der Waals surface area (Å²) in [6.07, 6.45) is 6.36. The lowest BCUT2D eigenvalue weighted by atomic mass is 9.55. The number of nitrogens with one attached hydrogen (secondary N) is 6. The van der Waals surface area contributed by atoms with E-state index >= 15 is 4.39 Å². The summed E-state index contributed by atoms with van der Waals surface area (Å²) >= 11 is 12.8. The van der Waals surface area contributed by atoms with Crippen molar-refractivity contribution in [3.8, 4) is 0 Å². The van der Waals surface area contributed by atoms with Crippen LogP contribution in [-0.4, -0.2) is 122 Å². The molecule has 3 fully saturated rings. The Labute approximate surface area is 430 Å². The van der Waals surface area contributed by atoms with E-state index in [9.17, 15) is 33.6 Å². The van der Waals surface area contributed by atoms with E-state index in [4.69, 9.17) is 37.4 Å². The molecule has 5 aliphatic rings. The van der Waals surface area contributed by atoms with Gasteiger partial charge in [0, 0.05) is 60.6 Å². The molecule has 1 unspecified atom stereocenters. The Kier molecular flexibility index (Phi) is 15.8. The molecular weight excluding hydrogens is 987 g/mol. The fraction of sp³-hybridized carbons (Fsp3) is 0.423. The van der Waals surface area contributed by atoms with E-state index in [1.807, 2.05) is 0 Å². The van der Waals surface area contributed by atoms with Crippen LogP contribution in [0.3, 0.4) is 0 Å². The molecule has 9 rings (SSSR count). The van der Waals surface area contributed by atoms with Gasteiger partial charge >= 0.3 is 0 Å². The fourth-order valence-electron chi connectivity index (χ4n) is 11.1. The van der Waals surface area contributed by atoms with Crippen LogP contribution in [0.2, 0.25) is 10.0 Å². The second kappa shape index (κ2) is 22.4.